The molecule has 6 heteroatoms. The molecule has 1 saturated heterocycles. The zero-order valence-corrected chi connectivity index (χ0v) is 14.4. The molecule has 0 N–H and O–H groups in total. The van der Waals surface area contributed by atoms with E-state index in [-0.39, 0.29) is 12.0 Å². The number of ether oxygens (including phenoxy) is 1. The summed E-state index contributed by atoms with van der Waals surface area (Å²) in [5.41, 5.74) is 1.68. The van der Waals surface area contributed by atoms with Crippen LogP contribution in [0.15, 0.2) is 36.9 Å². The van der Waals surface area contributed by atoms with Crippen LogP contribution in [0, 0.1) is 5.92 Å². The minimum absolute atomic E-state index is 0.109. The topological polar surface area (TPSA) is 60.2 Å². The predicted molar refractivity (Wildman–Crippen MR) is 93.6 cm³/mol. The van der Waals surface area contributed by atoms with Crippen LogP contribution in [0.4, 0.5) is 0 Å². The second kappa shape index (κ2) is 7.35. The van der Waals surface area contributed by atoms with Crippen LogP contribution in [0.3, 0.4) is 0 Å². The first-order valence-corrected chi connectivity index (χ1v) is 9.15. The van der Waals surface area contributed by atoms with E-state index >= 15 is 0 Å². The number of hydrogen-bond acceptors (Lipinski definition) is 4. The maximum Gasteiger partial charge on any atom is 0.253 e. The zero-order chi connectivity index (χ0) is 17.1. The zero-order valence-electron chi connectivity index (χ0n) is 14.4. The minimum Gasteiger partial charge on any atom is -0.376 e. The Kier molecular flexibility index (Phi) is 4.78. The van der Waals surface area contributed by atoms with Crippen molar-refractivity contribution in [3.8, 4) is 5.69 Å². The first kappa shape index (κ1) is 16.3. The molecule has 0 radical (unpaired) electrons. The average Bonchev–Trinajstić information content (AvgIpc) is 3.30. The van der Waals surface area contributed by atoms with Crippen molar-refractivity contribution in [2.45, 2.75) is 38.2 Å². The lowest BCUT2D eigenvalue weighted by Gasteiger charge is -2.33. The fraction of sp³-hybridized carbons (Fsp3) is 0.526. The van der Waals surface area contributed by atoms with Gasteiger partial charge in [0, 0.05) is 30.9 Å². The fourth-order valence-electron chi connectivity index (χ4n) is 3.55. The summed E-state index contributed by atoms with van der Waals surface area (Å²) in [7, 11) is 0. The van der Waals surface area contributed by atoms with Gasteiger partial charge in [-0.2, -0.15) is 0 Å². The van der Waals surface area contributed by atoms with E-state index in [1.165, 1.54) is 19.3 Å². The number of carbonyl (C=O) groups is 1. The highest BCUT2D eigenvalue weighted by Crippen LogP contribution is 2.28. The van der Waals surface area contributed by atoms with Crippen LogP contribution in [0.1, 0.15) is 42.5 Å². The highest BCUT2D eigenvalue weighted by Gasteiger charge is 2.28. The molecule has 1 amide bonds. The first-order chi connectivity index (χ1) is 12.3. The van der Waals surface area contributed by atoms with E-state index in [9.17, 15) is 4.79 Å². The molecular weight excluding hydrogens is 316 g/mol. The summed E-state index contributed by atoms with van der Waals surface area (Å²) < 4.78 is 7.59. The number of aromatic nitrogens is 3. The molecule has 1 aromatic heterocycles. The summed E-state index contributed by atoms with van der Waals surface area (Å²) in [4.78, 5) is 15.1. The molecule has 1 aromatic carbocycles. The number of carbonyl (C=O) groups excluding carboxylic acids is 1. The van der Waals surface area contributed by atoms with Crippen LogP contribution >= 0.6 is 0 Å². The van der Waals surface area contributed by atoms with Gasteiger partial charge in [0.2, 0.25) is 0 Å². The predicted octanol–water partition coefficient (Wildman–Crippen LogP) is 2.69. The Hall–Kier alpha value is -2.21. The van der Waals surface area contributed by atoms with E-state index < -0.39 is 0 Å². The molecule has 0 spiro atoms. The van der Waals surface area contributed by atoms with Gasteiger partial charge in [-0.25, -0.2) is 0 Å². The molecule has 0 unspecified atom stereocenters. The number of nitrogens with zero attached hydrogens (tertiary/aromatic N) is 4. The van der Waals surface area contributed by atoms with Crippen molar-refractivity contribution in [3.05, 3.63) is 42.5 Å². The third-order valence-corrected chi connectivity index (χ3v) is 5.27. The molecule has 1 atom stereocenters. The Morgan fingerprint density at radius 2 is 1.84 bits per heavy atom. The largest absolute Gasteiger partial charge is 0.376 e. The summed E-state index contributed by atoms with van der Waals surface area (Å²) in [6.45, 7) is 2.39. The van der Waals surface area contributed by atoms with Gasteiger partial charge >= 0.3 is 0 Å². The Morgan fingerprint density at radius 1 is 1.08 bits per heavy atom. The van der Waals surface area contributed by atoms with Crippen molar-refractivity contribution < 1.29 is 9.53 Å². The molecular formula is C19H24N4O2. The van der Waals surface area contributed by atoms with E-state index in [1.807, 2.05) is 33.7 Å². The molecule has 2 heterocycles. The monoisotopic (exact) mass is 340 g/mol. The summed E-state index contributed by atoms with van der Waals surface area (Å²) in [5, 5.41) is 7.63. The van der Waals surface area contributed by atoms with Crippen molar-refractivity contribution in [2.24, 2.45) is 5.92 Å². The van der Waals surface area contributed by atoms with Gasteiger partial charge in [0.05, 0.1) is 6.10 Å². The van der Waals surface area contributed by atoms with Crippen LogP contribution in [-0.2, 0) is 4.74 Å². The number of rotatable bonds is 6. The number of amides is 1. The lowest BCUT2D eigenvalue weighted by Crippen LogP contribution is -2.41. The first-order valence-electron chi connectivity index (χ1n) is 9.15. The van der Waals surface area contributed by atoms with E-state index in [0.29, 0.717) is 12.5 Å². The van der Waals surface area contributed by atoms with Crippen molar-refractivity contribution in [1.29, 1.82) is 0 Å². The van der Waals surface area contributed by atoms with E-state index in [4.69, 9.17) is 4.74 Å². The summed E-state index contributed by atoms with van der Waals surface area (Å²) in [6, 6.07) is 7.65. The molecule has 25 heavy (non-hydrogen) atoms. The van der Waals surface area contributed by atoms with Crippen LogP contribution in [-0.4, -0.2) is 51.4 Å². The van der Waals surface area contributed by atoms with Crippen LogP contribution in [0.2, 0.25) is 0 Å². The van der Waals surface area contributed by atoms with Crippen LogP contribution in [0.25, 0.3) is 5.69 Å². The Morgan fingerprint density at radius 3 is 2.44 bits per heavy atom. The lowest BCUT2D eigenvalue weighted by molar-refractivity contribution is 0.0448. The number of benzene rings is 1. The quantitative estimate of drug-likeness (QED) is 0.811. The van der Waals surface area contributed by atoms with Gasteiger partial charge in [-0.1, -0.05) is 6.42 Å². The van der Waals surface area contributed by atoms with Gasteiger partial charge in [0.25, 0.3) is 5.91 Å². The molecule has 2 fully saturated rings. The van der Waals surface area contributed by atoms with E-state index in [0.717, 1.165) is 37.2 Å². The summed E-state index contributed by atoms with van der Waals surface area (Å²) in [6.07, 6.45) is 9.42. The van der Waals surface area contributed by atoms with E-state index in [2.05, 4.69) is 10.2 Å². The second-order valence-corrected chi connectivity index (χ2v) is 7.06. The van der Waals surface area contributed by atoms with Gasteiger partial charge in [-0.05, 0) is 55.9 Å². The van der Waals surface area contributed by atoms with Gasteiger partial charge in [-0.15, -0.1) is 10.2 Å². The molecule has 4 rings (SSSR count). The molecule has 0 bridgehead atoms. The molecule has 132 valence electrons. The van der Waals surface area contributed by atoms with Crippen molar-refractivity contribution in [3.63, 3.8) is 0 Å². The van der Waals surface area contributed by atoms with Crippen LogP contribution in [0.5, 0.6) is 0 Å². The second-order valence-electron chi connectivity index (χ2n) is 7.06. The molecule has 2 aromatic rings. The van der Waals surface area contributed by atoms with Crippen molar-refractivity contribution in [1.82, 2.24) is 19.7 Å². The maximum absolute atomic E-state index is 13.0. The third-order valence-electron chi connectivity index (χ3n) is 5.27. The molecule has 2 aliphatic rings. The van der Waals surface area contributed by atoms with Gasteiger partial charge < -0.3 is 9.64 Å². The Labute approximate surface area is 147 Å². The molecule has 1 aliphatic heterocycles. The van der Waals surface area contributed by atoms with Crippen molar-refractivity contribution in [2.75, 3.05) is 19.7 Å². The highest BCUT2D eigenvalue weighted by molar-refractivity contribution is 5.94. The Bertz CT molecular complexity index is 689. The van der Waals surface area contributed by atoms with E-state index in [1.54, 1.807) is 12.7 Å². The molecule has 6 nitrogen and oxygen atoms in total. The summed E-state index contributed by atoms with van der Waals surface area (Å²) in [5.74, 6) is 0.763. The fourth-order valence-corrected chi connectivity index (χ4v) is 3.55. The maximum atomic E-state index is 13.0. The average molecular weight is 340 g/mol. The third kappa shape index (κ3) is 3.74. The minimum atomic E-state index is 0.109. The van der Waals surface area contributed by atoms with Gasteiger partial charge in [0.15, 0.2) is 0 Å². The van der Waals surface area contributed by atoms with Gasteiger partial charge in [-0.3, -0.25) is 9.36 Å². The smallest absolute Gasteiger partial charge is 0.253 e. The molecule has 1 aliphatic carbocycles. The number of hydrogen-bond donors (Lipinski definition) is 0. The Balaban J connectivity index is 1.47. The SMILES string of the molecule is O=C(c1ccc(-n2cnnc2)cc1)N(CC1CCC1)C[C@@H]1CCCO1. The highest BCUT2D eigenvalue weighted by atomic mass is 16.5. The van der Waals surface area contributed by atoms with Crippen LogP contribution < -0.4 is 0 Å². The van der Waals surface area contributed by atoms with Gasteiger partial charge in [0.1, 0.15) is 12.7 Å². The standard InChI is InChI=1S/C19H24N4O2/c24-19(16-6-8-17(9-7-16)23-13-20-21-14-23)22(11-15-3-1-4-15)12-18-5-2-10-25-18/h6-9,13-15,18H,1-5,10-12H2/t18-/m0/s1. The van der Waals surface area contributed by atoms with Crippen molar-refractivity contribution >= 4 is 5.91 Å². The lowest BCUT2D eigenvalue weighted by atomic mass is 9.85. The summed E-state index contributed by atoms with van der Waals surface area (Å²) >= 11 is 0. The molecule has 1 saturated carbocycles. The normalized spacial score (nSPS) is 20.4.